The zero-order chi connectivity index (χ0) is 15.1. The van der Waals surface area contributed by atoms with Crippen molar-refractivity contribution >= 4 is 0 Å². The molecular formula is C17H20FNO2. The van der Waals surface area contributed by atoms with Crippen molar-refractivity contribution < 1.29 is 13.9 Å². The number of benzene rings is 2. The Morgan fingerprint density at radius 1 is 1.00 bits per heavy atom. The summed E-state index contributed by atoms with van der Waals surface area (Å²) >= 11 is 0. The highest BCUT2D eigenvalue weighted by Crippen LogP contribution is 2.27. The first-order chi connectivity index (χ1) is 10.2. The molecule has 3 nitrogen and oxygen atoms in total. The minimum absolute atomic E-state index is 0.148. The van der Waals surface area contributed by atoms with E-state index in [4.69, 9.17) is 9.47 Å². The average Bonchev–Trinajstić information content (AvgIpc) is 2.52. The van der Waals surface area contributed by atoms with Gasteiger partial charge in [-0.3, -0.25) is 0 Å². The summed E-state index contributed by atoms with van der Waals surface area (Å²) in [5, 5.41) is 3.30. The van der Waals surface area contributed by atoms with Crippen LogP contribution in [-0.2, 0) is 13.0 Å². The van der Waals surface area contributed by atoms with E-state index in [0.29, 0.717) is 24.5 Å². The van der Waals surface area contributed by atoms with Crippen LogP contribution in [0.4, 0.5) is 4.39 Å². The summed E-state index contributed by atoms with van der Waals surface area (Å²) in [6.07, 6.45) is 0.667. The number of nitrogens with one attached hydrogen (secondary N) is 1. The zero-order valence-electron chi connectivity index (χ0n) is 12.4. The summed E-state index contributed by atoms with van der Waals surface area (Å²) in [4.78, 5) is 0. The molecule has 0 spiro atoms. The van der Waals surface area contributed by atoms with Gasteiger partial charge in [0, 0.05) is 6.54 Å². The van der Waals surface area contributed by atoms with Gasteiger partial charge < -0.3 is 14.8 Å². The van der Waals surface area contributed by atoms with Gasteiger partial charge in [0.2, 0.25) is 0 Å². The van der Waals surface area contributed by atoms with Gasteiger partial charge in [-0.2, -0.15) is 0 Å². The van der Waals surface area contributed by atoms with E-state index in [2.05, 4.69) is 5.32 Å². The van der Waals surface area contributed by atoms with E-state index in [9.17, 15) is 4.39 Å². The lowest BCUT2D eigenvalue weighted by Crippen LogP contribution is -2.17. The molecule has 2 aromatic rings. The molecule has 0 aliphatic heterocycles. The molecular weight excluding hydrogens is 269 g/mol. The van der Waals surface area contributed by atoms with Crippen LogP contribution in [0.5, 0.6) is 11.5 Å². The van der Waals surface area contributed by atoms with Crippen molar-refractivity contribution in [3.8, 4) is 11.5 Å². The topological polar surface area (TPSA) is 30.5 Å². The molecule has 4 heteroatoms. The quantitative estimate of drug-likeness (QED) is 0.794. The lowest BCUT2D eigenvalue weighted by molar-refractivity contribution is 0.354. The molecule has 0 unspecified atom stereocenters. The predicted molar refractivity (Wildman–Crippen MR) is 81.4 cm³/mol. The van der Waals surface area contributed by atoms with Gasteiger partial charge in [0.1, 0.15) is 5.82 Å². The highest BCUT2D eigenvalue weighted by molar-refractivity contribution is 5.42. The predicted octanol–water partition coefficient (Wildman–Crippen LogP) is 3.18. The average molecular weight is 289 g/mol. The number of ether oxygens (including phenoxy) is 2. The molecule has 0 saturated heterocycles. The number of methoxy groups -OCH3 is 2. The molecule has 0 saturated carbocycles. The van der Waals surface area contributed by atoms with Crippen molar-refractivity contribution in [3.05, 3.63) is 59.4 Å². The maximum absolute atomic E-state index is 13.5. The van der Waals surface area contributed by atoms with Crippen molar-refractivity contribution in [2.24, 2.45) is 0 Å². The summed E-state index contributed by atoms with van der Waals surface area (Å²) in [5.74, 6) is 1.28. The lowest BCUT2D eigenvalue weighted by Gasteiger charge is -2.10. The smallest absolute Gasteiger partial charge is 0.161 e. The van der Waals surface area contributed by atoms with E-state index in [-0.39, 0.29) is 5.82 Å². The molecule has 0 bridgehead atoms. The molecule has 0 amide bonds. The molecule has 0 atom stereocenters. The molecule has 0 aliphatic carbocycles. The van der Waals surface area contributed by atoms with Gasteiger partial charge in [-0.05, 0) is 42.3 Å². The molecule has 2 aromatic carbocycles. The largest absolute Gasteiger partial charge is 0.493 e. The first-order valence-electron chi connectivity index (χ1n) is 6.89. The maximum atomic E-state index is 13.5. The Balaban J connectivity index is 1.85. The van der Waals surface area contributed by atoms with Gasteiger partial charge in [0.25, 0.3) is 0 Å². The third-order valence-corrected chi connectivity index (χ3v) is 3.31. The molecule has 0 radical (unpaired) electrons. The fraction of sp³-hybridized carbons (Fsp3) is 0.294. The number of rotatable bonds is 7. The highest BCUT2D eigenvalue weighted by atomic mass is 19.1. The molecule has 0 fully saturated rings. The van der Waals surface area contributed by atoms with Crippen LogP contribution in [0.1, 0.15) is 11.1 Å². The van der Waals surface area contributed by atoms with Crippen molar-refractivity contribution in [1.29, 1.82) is 0 Å². The molecule has 0 aliphatic rings. The first kappa shape index (κ1) is 15.3. The van der Waals surface area contributed by atoms with E-state index >= 15 is 0 Å². The van der Waals surface area contributed by atoms with Crippen LogP contribution in [0.15, 0.2) is 42.5 Å². The van der Waals surface area contributed by atoms with Crippen LogP contribution in [0.25, 0.3) is 0 Å². The van der Waals surface area contributed by atoms with Gasteiger partial charge in [0.15, 0.2) is 11.5 Å². The monoisotopic (exact) mass is 289 g/mol. The second-order valence-corrected chi connectivity index (χ2v) is 4.71. The summed E-state index contributed by atoms with van der Waals surface area (Å²) in [5.41, 5.74) is 1.83. The highest BCUT2D eigenvalue weighted by Gasteiger charge is 2.04. The molecule has 1 N–H and O–H groups in total. The van der Waals surface area contributed by atoms with Crippen LogP contribution in [0.2, 0.25) is 0 Å². The fourth-order valence-corrected chi connectivity index (χ4v) is 2.15. The molecule has 21 heavy (non-hydrogen) atoms. The lowest BCUT2D eigenvalue weighted by atomic mass is 10.1. The van der Waals surface area contributed by atoms with Gasteiger partial charge in [0.05, 0.1) is 14.2 Å². The summed E-state index contributed by atoms with van der Waals surface area (Å²) in [7, 11) is 3.23. The van der Waals surface area contributed by atoms with E-state index in [0.717, 1.165) is 17.7 Å². The molecule has 0 heterocycles. The maximum Gasteiger partial charge on any atom is 0.161 e. The Labute approximate surface area is 124 Å². The molecule has 0 aromatic heterocycles. The van der Waals surface area contributed by atoms with Crippen molar-refractivity contribution in [3.63, 3.8) is 0 Å². The first-order valence-corrected chi connectivity index (χ1v) is 6.89. The van der Waals surface area contributed by atoms with Gasteiger partial charge in [-0.1, -0.05) is 24.3 Å². The van der Waals surface area contributed by atoms with Crippen molar-refractivity contribution in [2.75, 3.05) is 20.8 Å². The summed E-state index contributed by atoms with van der Waals surface area (Å²) in [6.45, 7) is 1.42. The van der Waals surface area contributed by atoms with E-state index in [1.807, 2.05) is 30.3 Å². The number of hydrogen-bond acceptors (Lipinski definition) is 3. The Hall–Kier alpha value is -2.07. The van der Waals surface area contributed by atoms with E-state index < -0.39 is 0 Å². The Morgan fingerprint density at radius 3 is 2.48 bits per heavy atom. The summed E-state index contributed by atoms with van der Waals surface area (Å²) < 4.78 is 23.9. The van der Waals surface area contributed by atoms with Crippen LogP contribution >= 0.6 is 0 Å². The third-order valence-electron chi connectivity index (χ3n) is 3.31. The number of halogens is 1. The van der Waals surface area contributed by atoms with Crippen LogP contribution in [0.3, 0.4) is 0 Å². The van der Waals surface area contributed by atoms with Crippen LogP contribution in [0, 0.1) is 5.82 Å². The Kier molecular flexibility index (Phi) is 5.58. The Bertz CT molecular complexity index is 587. The minimum atomic E-state index is -0.148. The van der Waals surface area contributed by atoms with Gasteiger partial charge in [-0.15, -0.1) is 0 Å². The Morgan fingerprint density at radius 2 is 1.76 bits per heavy atom. The normalized spacial score (nSPS) is 10.4. The minimum Gasteiger partial charge on any atom is -0.493 e. The molecule has 2 rings (SSSR count). The number of hydrogen-bond donors (Lipinski definition) is 1. The standard InChI is InChI=1S/C17H20FNO2/c1-20-16-8-7-13(11-17(16)21-2)12-19-10-9-14-5-3-4-6-15(14)18/h3-8,11,19H,9-10,12H2,1-2H3. The van der Waals surface area contributed by atoms with E-state index in [1.165, 1.54) is 6.07 Å². The van der Waals surface area contributed by atoms with Crippen molar-refractivity contribution in [1.82, 2.24) is 5.32 Å². The summed E-state index contributed by atoms with van der Waals surface area (Å²) in [6, 6.07) is 12.7. The van der Waals surface area contributed by atoms with Crippen molar-refractivity contribution in [2.45, 2.75) is 13.0 Å². The van der Waals surface area contributed by atoms with E-state index in [1.54, 1.807) is 20.3 Å². The SMILES string of the molecule is COc1ccc(CNCCc2ccccc2F)cc1OC. The van der Waals surface area contributed by atoms with Gasteiger partial charge in [-0.25, -0.2) is 4.39 Å². The van der Waals surface area contributed by atoms with Crippen LogP contribution in [-0.4, -0.2) is 20.8 Å². The second kappa shape index (κ2) is 7.64. The van der Waals surface area contributed by atoms with Crippen LogP contribution < -0.4 is 14.8 Å². The molecule has 112 valence electrons. The third kappa shape index (κ3) is 4.20. The second-order valence-electron chi connectivity index (χ2n) is 4.71. The zero-order valence-corrected chi connectivity index (χ0v) is 12.4. The van der Waals surface area contributed by atoms with Gasteiger partial charge >= 0.3 is 0 Å². The fourth-order valence-electron chi connectivity index (χ4n) is 2.15.